The Hall–Kier alpha value is -2.56. The molecule has 0 radical (unpaired) electrons. The third-order valence-corrected chi connectivity index (χ3v) is 3.33. The van der Waals surface area contributed by atoms with Gasteiger partial charge in [-0.25, -0.2) is 9.78 Å². The van der Waals surface area contributed by atoms with Gasteiger partial charge in [-0.15, -0.1) is 0 Å². The van der Waals surface area contributed by atoms with Gasteiger partial charge in [0.05, 0.1) is 18.8 Å². The Morgan fingerprint density at radius 1 is 1.29 bits per heavy atom. The van der Waals surface area contributed by atoms with Gasteiger partial charge in [-0.1, -0.05) is 24.3 Å². The number of nitrogens with zero attached hydrogens (tertiary/aromatic N) is 1. The van der Waals surface area contributed by atoms with Crippen molar-refractivity contribution in [3.05, 3.63) is 53.2 Å². The summed E-state index contributed by atoms with van der Waals surface area (Å²) in [5.74, 6) is -0.00440. The number of aromatic nitrogens is 1. The van der Waals surface area contributed by atoms with Crippen LogP contribution in [-0.2, 0) is 4.74 Å². The van der Waals surface area contributed by atoms with Crippen LogP contribution in [0.2, 0.25) is 0 Å². The van der Waals surface area contributed by atoms with E-state index in [2.05, 4.69) is 28.0 Å². The molecule has 2 rings (SSSR count). The van der Waals surface area contributed by atoms with E-state index in [1.807, 2.05) is 25.1 Å². The molecule has 1 atom stereocenters. The standard InChI is InChI=1S/C16H19N3O2/c1-10-6-4-5-7-12(10)11(2)18-15-13(17)8-9-14(19-15)16(20)21-3/h4-9,11H,17H2,1-3H3,(H,18,19). The number of aryl methyl sites for hydroxylation is 1. The van der Waals surface area contributed by atoms with Gasteiger partial charge in [0.2, 0.25) is 0 Å². The number of nitrogens with two attached hydrogens (primary N) is 1. The number of ether oxygens (including phenoxy) is 1. The van der Waals surface area contributed by atoms with E-state index in [-0.39, 0.29) is 11.7 Å². The molecule has 1 unspecified atom stereocenters. The fraction of sp³-hybridized carbons (Fsp3) is 0.250. The highest BCUT2D eigenvalue weighted by Gasteiger charge is 2.13. The second kappa shape index (κ2) is 6.26. The number of methoxy groups -OCH3 is 1. The van der Waals surface area contributed by atoms with E-state index < -0.39 is 5.97 Å². The minimum absolute atomic E-state index is 0.0221. The number of nitrogens with one attached hydrogen (secondary N) is 1. The van der Waals surface area contributed by atoms with Crippen molar-refractivity contribution in [2.75, 3.05) is 18.2 Å². The number of hydrogen-bond acceptors (Lipinski definition) is 5. The first-order valence-corrected chi connectivity index (χ1v) is 6.70. The molecule has 0 spiro atoms. The molecule has 0 aliphatic rings. The van der Waals surface area contributed by atoms with Crippen LogP contribution in [0.4, 0.5) is 11.5 Å². The van der Waals surface area contributed by atoms with Gasteiger partial charge in [-0.05, 0) is 37.1 Å². The van der Waals surface area contributed by atoms with Crippen molar-refractivity contribution in [2.24, 2.45) is 0 Å². The molecule has 21 heavy (non-hydrogen) atoms. The Morgan fingerprint density at radius 3 is 2.67 bits per heavy atom. The number of carbonyl (C=O) groups excluding carboxylic acids is 1. The SMILES string of the molecule is COC(=O)c1ccc(N)c(NC(C)c2ccccc2C)n1. The Bertz CT molecular complexity index is 656. The minimum Gasteiger partial charge on any atom is -0.464 e. The number of anilines is 2. The monoisotopic (exact) mass is 285 g/mol. The predicted octanol–water partition coefficient (Wildman–Crippen LogP) is 2.93. The van der Waals surface area contributed by atoms with E-state index in [0.717, 1.165) is 5.56 Å². The Labute approximate surface area is 124 Å². The van der Waals surface area contributed by atoms with Crippen LogP contribution in [0.15, 0.2) is 36.4 Å². The highest BCUT2D eigenvalue weighted by atomic mass is 16.5. The van der Waals surface area contributed by atoms with E-state index in [4.69, 9.17) is 5.73 Å². The van der Waals surface area contributed by atoms with Crippen molar-refractivity contribution >= 4 is 17.5 Å². The van der Waals surface area contributed by atoms with Gasteiger partial charge in [0, 0.05) is 0 Å². The molecule has 0 aliphatic carbocycles. The van der Waals surface area contributed by atoms with Crippen LogP contribution in [0.1, 0.15) is 34.6 Å². The van der Waals surface area contributed by atoms with Crippen LogP contribution in [0.25, 0.3) is 0 Å². The summed E-state index contributed by atoms with van der Waals surface area (Å²) in [7, 11) is 1.32. The molecular formula is C16H19N3O2. The van der Waals surface area contributed by atoms with Gasteiger partial charge in [-0.3, -0.25) is 0 Å². The second-order valence-corrected chi connectivity index (χ2v) is 4.85. The maximum atomic E-state index is 11.5. The van der Waals surface area contributed by atoms with Crippen LogP contribution in [0, 0.1) is 6.92 Å². The van der Waals surface area contributed by atoms with E-state index in [1.54, 1.807) is 12.1 Å². The van der Waals surface area contributed by atoms with Gasteiger partial charge in [-0.2, -0.15) is 0 Å². The van der Waals surface area contributed by atoms with E-state index in [0.29, 0.717) is 11.5 Å². The zero-order valence-electron chi connectivity index (χ0n) is 12.4. The van der Waals surface area contributed by atoms with Crippen molar-refractivity contribution in [2.45, 2.75) is 19.9 Å². The molecule has 0 saturated heterocycles. The summed E-state index contributed by atoms with van der Waals surface area (Å²) in [5, 5.41) is 3.24. The van der Waals surface area contributed by atoms with Crippen molar-refractivity contribution in [1.82, 2.24) is 4.98 Å². The van der Waals surface area contributed by atoms with Crippen molar-refractivity contribution < 1.29 is 9.53 Å². The molecule has 0 fully saturated rings. The molecule has 0 saturated carbocycles. The minimum atomic E-state index is -0.485. The molecule has 2 aromatic rings. The summed E-state index contributed by atoms with van der Waals surface area (Å²) in [5.41, 5.74) is 8.97. The average molecular weight is 285 g/mol. The predicted molar refractivity (Wildman–Crippen MR) is 83.2 cm³/mol. The van der Waals surface area contributed by atoms with Crippen LogP contribution in [0.3, 0.4) is 0 Å². The third kappa shape index (κ3) is 3.31. The molecule has 1 aromatic carbocycles. The van der Waals surface area contributed by atoms with Crippen LogP contribution < -0.4 is 11.1 Å². The second-order valence-electron chi connectivity index (χ2n) is 4.85. The first kappa shape index (κ1) is 14.8. The van der Waals surface area contributed by atoms with Crippen molar-refractivity contribution in [3.8, 4) is 0 Å². The van der Waals surface area contributed by atoms with Gasteiger partial charge >= 0.3 is 5.97 Å². The third-order valence-electron chi connectivity index (χ3n) is 3.33. The molecule has 110 valence electrons. The molecule has 5 nitrogen and oxygen atoms in total. The topological polar surface area (TPSA) is 77.2 Å². The summed E-state index contributed by atoms with van der Waals surface area (Å²) < 4.78 is 4.67. The lowest BCUT2D eigenvalue weighted by Crippen LogP contribution is -2.13. The Kier molecular flexibility index (Phi) is 4.42. The summed E-state index contributed by atoms with van der Waals surface area (Å²) in [4.78, 5) is 15.8. The summed E-state index contributed by atoms with van der Waals surface area (Å²) in [6.45, 7) is 4.07. The lowest BCUT2D eigenvalue weighted by atomic mass is 10.0. The number of benzene rings is 1. The van der Waals surface area contributed by atoms with E-state index in [9.17, 15) is 4.79 Å². The maximum absolute atomic E-state index is 11.5. The maximum Gasteiger partial charge on any atom is 0.356 e. The molecule has 1 heterocycles. The zero-order chi connectivity index (χ0) is 15.4. The molecule has 0 bridgehead atoms. The fourth-order valence-corrected chi connectivity index (χ4v) is 2.16. The summed E-state index contributed by atoms with van der Waals surface area (Å²) in [6.07, 6.45) is 0. The van der Waals surface area contributed by atoms with Gasteiger partial charge in [0.1, 0.15) is 0 Å². The highest BCUT2D eigenvalue weighted by molar-refractivity contribution is 5.88. The molecule has 0 amide bonds. The Morgan fingerprint density at radius 2 is 2.00 bits per heavy atom. The number of rotatable bonds is 4. The van der Waals surface area contributed by atoms with Crippen LogP contribution >= 0.6 is 0 Å². The first-order chi connectivity index (χ1) is 10.0. The average Bonchev–Trinajstić information content (AvgIpc) is 2.49. The van der Waals surface area contributed by atoms with Crippen molar-refractivity contribution in [1.29, 1.82) is 0 Å². The summed E-state index contributed by atoms with van der Waals surface area (Å²) >= 11 is 0. The number of hydrogen-bond donors (Lipinski definition) is 2. The van der Waals surface area contributed by atoms with Crippen molar-refractivity contribution in [3.63, 3.8) is 0 Å². The molecule has 3 N–H and O–H groups in total. The van der Waals surface area contributed by atoms with E-state index >= 15 is 0 Å². The Balaban J connectivity index is 2.27. The van der Waals surface area contributed by atoms with Gasteiger partial charge < -0.3 is 15.8 Å². The lowest BCUT2D eigenvalue weighted by molar-refractivity contribution is 0.0594. The zero-order valence-corrected chi connectivity index (χ0v) is 12.4. The fourth-order valence-electron chi connectivity index (χ4n) is 2.16. The molecular weight excluding hydrogens is 266 g/mol. The van der Waals surface area contributed by atoms with Crippen LogP contribution in [-0.4, -0.2) is 18.1 Å². The highest BCUT2D eigenvalue weighted by Crippen LogP contribution is 2.24. The lowest BCUT2D eigenvalue weighted by Gasteiger charge is -2.18. The quantitative estimate of drug-likeness (QED) is 0.845. The van der Waals surface area contributed by atoms with Gasteiger partial charge in [0.25, 0.3) is 0 Å². The number of nitrogen functional groups attached to an aromatic ring is 1. The number of carbonyl (C=O) groups is 1. The number of esters is 1. The van der Waals surface area contributed by atoms with Gasteiger partial charge in [0.15, 0.2) is 11.5 Å². The first-order valence-electron chi connectivity index (χ1n) is 6.70. The van der Waals surface area contributed by atoms with Crippen LogP contribution in [0.5, 0.6) is 0 Å². The molecule has 1 aromatic heterocycles. The van der Waals surface area contributed by atoms with E-state index in [1.165, 1.54) is 12.7 Å². The molecule has 5 heteroatoms. The molecule has 0 aliphatic heterocycles. The largest absolute Gasteiger partial charge is 0.464 e. The smallest absolute Gasteiger partial charge is 0.356 e. The number of pyridine rings is 1. The summed E-state index contributed by atoms with van der Waals surface area (Å²) in [6, 6.07) is 11.3. The normalized spacial score (nSPS) is 11.8.